The third kappa shape index (κ3) is 3.09. The lowest BCUT2D eigenvalue weighted by Gasteiger charge is -2.10. The maximum absolute atomic E-state index is 11.7. The van der Waals surface area contributed by atoms with Crippen molar-refractivity contribution in [3.63, 3.8) is 0 Å². The van der Waals surface area contributed by atoms with Crippen LogP contribution < -0.4 is 11.1 Å². The fourth-order valence-electron chi connectivity index (χ4n) is 1.23. The zero-order valence-corrected chi connectivity index (χ0v) is 9.78. The van der Waals surface area contributed by atoms with Crippen molar-refractivity contribution in [1.82, 2.24) is 5.32 Å². The number of phenols is 2. The smallest absolute Gasteiger partial charge is 0.315 e. The van der Waals surface area contributed by atoms with E-state index in [1.165, 1.54) is 6.92 Å². The lowest BCUT2D eigenvalue weighted by atomic mass is 10.1. The predicted octanol–water partition coefficient (Wildman–Crippen LogP) is -0.390. The van der Waals surface area contributed by atoms with Gasteiger partial charge in [-0.25, -0.2) is 0 Å². The number of nitrogens with zero attached hydrogens (tertiary/aromatic N) is 1. The number of carbonyl (C=O) groups excluding carboxylic acids is 2. The highest BCUT2D eigenvalue weighted by Crippen LogP contribution is 2.35. The monoisotopic (exact) mass is 269 g/mol. The summed E-state index contributed by atoms with van der Waals surface area (Å²) >= 11 is 0. The van der Waals surface area contributed by atoms with Crippen LogP contribution in [0.15, 0.2) is 12.1 Å². The van der Waals surface area contributed by atoms with Gasteiger partial charge in [0.2, 0.25) is 11.7 Å². The van der Waals surface area contributed by atoms with E-state index in [4.69, 9.17) is 5.73 Å². The Bertz CT molecular complexity index is 556. The molecule has 0 aliphatic carbocycles. The van der Waals surface area contributed by atoms with Crippen molar-refractivity contribution < 1.29 is 24.7 Å². The van der Waals surface area contributed by atoms with Crippen LogP contribution in [-0.2, 0) is 4.79 Å². The Balaban J connectivity index is 3.11. The molecule has 5 N–H and O–H groups in total. The largest absolute Gasteiger partial charge is 0.504 e. The number of nitro benzene ring substituents is 1. The van der Waals surface area contributed by atoms with E-state index >= 15 is 0 Å². The van der Waals surface area contributed by atoms with Crippen LogP contribution >= 0.6 is 0 Å². The highest BCUT2D eigenvalue weighted by molar-refractivity contribution is 5.98. The SMILES string of the molecule is C[C@H](NC(=O)c1cc(O)c(O)c([N+](=O)[O-])c1)C(N)=O. The Morgan fingerprint density at radius 2 is 2.00 bits per heavy atom. The van der Waals surface area contributed by atoms with E-state index in [1.807, 2.05) is 0 Å². The third-order valence-electron chi connectivity index (χ3n) is 2.30. The standard InChI is InChI=1S/C10H11N3O6/c1-4(9(11)16)12-10(17)5-2-6(13(18)19)8(15)7(14)3-5/h2-4,14-15H,1H3,(H2,11,16)(H,12,17)/t4-/m0/s1. The number of phenolic OH excluding ortho intramolecular Hbond substituents is 2. The first-order valence-corrected chi connectivity index (χ1v) is 5.04. The molecule has 9 nitrogen and oxygen atoms in total. The van der Waals surface area contributed by atoms with Crippen molar-refractivity contribution in [1.29, 1.82) is 0 Å². The fraction of sp³-hybridized carbons (Fsp3) is 0.200. The summed E-state index contributed by atoms with van der Waals surface area (Å²) < 4.78 is 0. The van der Waals surface area contributed by atoms with E-state index in [9.17, 15) is 29.9 Å². The van der Waals surface area contributed by atoms with E-state index in [-0.39, 0.29) is 5.56 Å². The molecule has 0 aliphatic heterocycles. The molecule has 1 rings (SSSR count). The first-order chi connectivity index (χ1) is 8.73. The van der Waals surface area contributed by atoms with E-state index in [2.05, 4.69) is 5.32 Å². The number of aromatic hydroxyl groups is 2. The summed E-state index contributed by atoms with van der Waals surface area (Å²) in [5.41, 5.74) is 3.84. The summed E-state index contributed by atoms with van der Waals surface area (Å²) in [5, 5.41) is 31.3. The van der Waals surface area contributed by atoms with Crippen molar-refractivity contribution >= 4 is 17.5 Å². The van der Waals surface area contributed by atoms with Gasteiger partial charge in [0, 0.05) is 6.07 Å². The Morgan fingerprint density at radius 3 is 2.47 bits per heavy atom. The zero-order chi connectivity index (χ0) is 14.7. The summed E-state index contributed by atoms with van der Waals surface area (Å²) in [7, 11) is 0. The van der Waals surface area contributed by atoms with Crippen molar-refractivity contribution in [3.8, 4) is 11.5 Å². The molecule has 9 heteroatoms. The van der Waals surface area contributed by atoms with Gasteiger partial charge in [-0.15, -0.1) is 0 Å². The minimum atomic E-state index is -0.984. The summed E-state index contributed by atoms with van der Waals surface area (Å²) in [6.45, 7) is 1.33. The van der Waals surface area contributed by atoms with Crippen LogP contribution in [0.4, 0.5) is 5.69 Å². The number of nitro groups is 1. The Morgan fingerprint density at radius 1 is 1.42 bits per heavy atom. The Hall–Kier alpha value is -2.84. The number of amides is 2. The van der Waals surface area contributed by atoms with Crippen LogP contribution in [0, 0.1) is 10.1 Å². The average Bonchev–Trinajstić information content (AvgIpc) is 2.31. The van der Waals surface area contributed by atoms with Crippen LogP contribution in [-0.4, -0.2) is 33.0 Å². The van der Waals surface area contributed by atoms with Crippen molar-refractivity contribution in [2.75, 3.05) is 0 Å². The zero-order valence-electron chi connectivity index (χ0n) is 9.78. The number of hydrogen-bond acceptors (Lipinski definition) is 6. The van der Waals surface area contributed by atoms with Gasteiger partial charge >= 0.3 is 5.69 Å². The normalized spacial score (nSPS) is 11.6. The molecule has 0 saturated carbocycles. The Kier molecular flexibility index (Phi) is 3.90. The van der Waals surface area contributed by atoms with Crippen molar-refractivity contribution in [2.24, 2.45) is 5.73 Å². The van der Waals surface area contributed by atoms with Gasteiger partial charge in [0.05, 0.1) is 10.5 Å². The maximum atomic E-state index is 11.7. The molecule has 0 heterocycles. The van der Waals surface area contributed by atoms with Gasteiger partial charge < -0.3 is 21.3 Å². The third-order valence-corrected chi connectivity index (χ3v) is 2.30. The number of primary amides is 1. The number of carbonyl (C=O) groups is 2. The maximum Gasteiger partial charge on any atom is 0.315 e. The molecule has 0 fully saturated rings. The molecule has 19 heavy (non-hydrogen) atoms. The first kappa shape index (κ1) is 14.2. The van der Waals surface area contributed by atoms with E-state index < -0.39 is 40.0 Å². The van der Waals surface area contributed by atoms with Crippen LogP contribution in [0.2, 0.25) is 0 Å². The first-order valence-electron chi connectivity index (χ1n) is 5.04. The summed E-state index contributed by atoms with van der Waals surface area (Å²) in [5.74, 6) is -3.38. The number of rotatable bonds is 4. The molecule has 0 unspecified atom stereocenters. The molecule has 2 amide bonds. The summed E-state index contributed by atoms with van der Waals surface area (Å²) in [6.07, 6.45) is 0. The topological polar surface area (TPSA) is 156 Å². The summed E-state index contributed by atoms with van der Waals surface area (Å²) in [6, 6.07) is 0.631. The number of nitrogens with one attached hydrogen (secondary N) is 1. The van der Waals surface area contributed by atoms with Crippen LogP contribution in [0.3, 0.4) is 0 Å². The molecular weight excluding hydrogens is 258 g/mol. The van der Waals surface area contributed by atoms with Gasteiger partial charge in [-0.2, -0.15) is 0 Å². The molecule has 0 radical (unpaired) electrons. The van der Waals surface area contributed by atoms with E-state index in [0.717, 1.165) is 12.1 Å². The van der Waals surface area contributed by atoms with Crippen LogP contribution in [0.1, 0.15) is 17.3 Å². The second-order valence-corrected chi connectivity index (χ2v) is 3.72. The molecule has 0 bridgehead atoms. The average molecular weight is 269 g/mol. The van der Waals surface area contributed by atoms with Gasteiger partial charge in [-0.1, -0.05) is 0 Å². The molecule has 0 aromatic heterocycles. The molecule has 1 atom stereocenters. The highest BCUT2D eigenvalue weighted by Gasteiger charge is 2.22. The Labute approximate surface area is 106 Å². The second-order valence-electron chi connectivity index (χ2n) is 3.72. The molecule has 102 valence electrons. The van der Waals surface area contributed by atoms with Crippen LogP contribution in [0.5, 0.6) is 11.5 Å². The minimum Gasteiger partial charge on any atom is -0.504 e. The quantitative estimate of drug-likeness (QED) is 0.331. The second kappa shape index (κ2) is 5.21. The van der Waals surface area contributed by atoms with Gasteiger partial charge in [0.15, 0.2) is 5.75 Å². The predicted molar refractivity (Wildman–Crippen MR) is 62.5 cm³/mol. The van der Waals surface area contributed by atoms with Gasteiger partial charge in [0.1, 0.15) is 6.04 Å². The molecular formula is C10H11N3O6. The molecule has 0 saturated heterocycles. The molecule has 0 spiro atoms. The fourth-order valence-corrected chi connectivity index (χ4v) is 1.23. The van der Waals surface area contributed by atoms with Crippen molar-refractivity contribution in [3.05, 3.63) is 27.8 Å². The molecule has 1 aromatic carbocycles. The lowest BCUT2D eigenvalue weighted by molar-refractivity contribution is -0.386. The highest BCUT2D eigenvalue weighted by atomic mass is 16.6. The molecule has 0 aliphatic rings. The van der Waals surface area contributed by atoms with Gasteiger partial charge in [0.25, 0.3) is 5.91 Å². The van der Waals surface area contributed by atoms with Gasteiger partial charge in [-0.3, -0.25) is 19.7 Å². The van der Waals surface area contributed by atoms with E-state index in [1.54, 1.807) is 0 Å². The van der Waals surface area contributed by atoms with Crippen LogP contribution in [0.25, 0.3) is 0 Å². The summed E-state index contributed by atoms with van der Waals surface area (Å²) in [4.78, 5) is 32.1. The number of benzene rings is 1. The number of nitrogens with two attached hydrogens (primary N) is 1. The lowest BCUT2D eigenvalue weighted by Crippen LogP contribution is -2.42. The van der Waals surface area contributed by atoms with Gasteiger partial charge in [-0.05, 0) is 13.0 Å². The molecule has 1 aromatic rings. The minimum absolute atomic E-state index is 0.282. The van der Waals surface area contributed by atoms with Crippen molar-refractivity contribution in [2.45, 2.75) is 13.0 Å². The van der Waals surface area contributed by atoms with E-state index in [0.29, 0.717) is 0 Å². The number of hydrogen-bond donors (Lipinski definition) is 4.